The van der Waals surface area contributed by atoms with Gasteiger partial charge in [-0.3, -0.25) is 0 Å². The molecule has 4 heteroatoms. The van der Waals surface area contributed by atoms with Gasteiger partial charge in [-0.1, -0.05) is 0 Å². The molecule has 0 aliphatic carbocycles. The van der Waals surface area contributed by atoms with Crippen molar-refractivity contribution >= 4 is 15.9 Å². The maximum atomic E-state index is 12.9. The molecule has 1 heterocycles. The second kappa shape index (κ2) is 3.51. The Bertz CT molecular complexity index is 350. The number of benzene rings is 1. The fourth-order valence-corrected chi connectivity index (χ4v) is 1.39. The van der Waals surface area contributed by atoms with Crippen LogP contribution in [0.1, 0.15) is 6.92 Å². The highest BCUT2D eigenvalue weighted by molar-refractivity contribution is 9.10. The van der Waals surface area contributed by atoms with E-state index in [1.807, 2.05) is 6.92 Å². The molecule has 1 atom stereocenters. The predicted octanol–water partition coefficient (Wildman–Crippen LogP) is 2.76. The molecule has 1 aromatic rings. The fourth-order valence-electron chi connectivity index (χ4n) is 1.02. The van der Waals surface area contributed by atoms with Gasteiger partial charge in [0.15, 0.2) is 0 Å². The number of epoxide rings is 1. The van der Waals surface area contributed by atoms with E-state index in [4.69, 9.17) is 9.47 Å². The van der Waals surface area contributed by atoms with Gasteiger partial charge in [0.2, 0.25) is 0 Å². The molecule has 76 valence electrons. The van der Waals surface area contributed by atoms with Gasteiger partial charge < -0.3 is 9.47 Å². The molecule has 1 saturated heterocycles. The van der Waals surface area contributed by atoms with E-state index in [1.165, 1.54) is 12.1 Å². The molecule has 0 saturated carbocycles. The summed E-state index contributed by atoms with van der Waals surface area (Å²) in [5.74, 6) is 0.215. The third kappa shape index (κ3) is 2.25. The molecule has 1 fully saturated rings. The van der Waals surface area contributed by atoms with E-state index >= 15 is 0 Å². The summed E-state index contributed by atoms with van der Waals surface area (Å²) in [6.07, 6.45) is 0. The Kier molecular flexibility index (Phi) is 2.49. The van der Waals surface area contributed by atoms with E-state index < -0.39 is 0 Å². The zero-order chi connectivity index (χ0) is 10.2. The van der Waals surface area contributed by atoms with Gasteiger partial charge in [0.25, 0.3) is 0 Å². The Labute approximate surface area is 90.1 Å². The first-order valence-corrected chi connectivity index (χ1v) is 5.10. The average Bonchev–Trinajstić information content (AvgIpc) is 2.87. The molecule has 0 aromatic heterocycles. The van der Waals surface area contributed by atoms with Gasteiger partial charge >= 0.3 is 0 Å². The molecule has 14 heavy (non-hydrogen) atoms. The van der Waals surface area contributed by atoms with Crippen LogP contribution in [-0.4, -0.2) is 18.8 Å². The monoisotopic (exact) mass is 260 g/mol. The van der Waals surface area contributed by atoms with Gasteiger partial charge in [-0.05, 0) is 35.0 Å². The van der Waals surface area contributed by atoms with Gasteiger partial charge in [-0.15, -0.1) is 0 Å². The molecule has 0 radical (unpaired) electrons. The third-order valence-electron chi connectivity index (χ3n) is 2.06. The minimum Gasteiger partial charge on any atom is -0.489 e. The highest BCUT2D eigenvalue weighted by Gasteiger charge is 2.40. The topological polar surface area (TPSA) is 21.8 Å². The van der Waals surface area contributed by atoms with Crippen LogP contribution in [0.25, 0.3) is 0 Å². The number of rotatable bonds is 3. The third-order valence-corrected chi connectivity index (χ3v) is 2.72. The van der Waals surface area contributed by atoms with Crippen molar-refractivity contribution < 1.29 is 13.9 Å². The fraction of sp³-hybridized carbons (Fsp3) is 0.400. The van der Waals surface area contributed by atoms with Crippen LogP contribution < -0.4 is 4.74 Å². The molecular formula is C10H10BrFO2. The van der Waals surface area contributed by atoms with Crippen molar-refractivity contribution in [2.45, 2.75) is 12.5 Å². The highest BCUT2D eigenvalue weighted by Crippen LogP contribution is 2.30. The Morgan fingerprint density at radius 1 is 1.64 bits per heavy atom. The van der Waals surface area contributed by atoms with E-state index in [2.05, 4.69) is 15.9 Å². The van der Waals surface area contributed by atoms with Crippen LogP contribution in [0.2, 0.25) is 0 Å². The van der Waals surface area contributed by atoms with Crippen LogP contribution in [0.4, 0.5) is 4.39 Å². The molecule has 1 aliphatic heterocycles. The lowest BCUT2D eigenvalue weighted by molar-refractivity contribution is 0.201. The molecule has 1 aliphatic rings. The quantitative estimate of drug-likeness (QED) is 0.780. The number of ether oxygens (including phenoxy) is 2. The molecule has 1 unspecified atom stereocenters. The summed E-state index contributed by atoms with van der Waals surface area (Å²) in [6, 6.07) is 4.36. The molecule has 1 aromatic carbocycles. The number of halogens is 2. The summed E-state index contributed by atoms with van der Waals surface area (Å²) in [4.78, 5) is 0. The first kappa shape index (κ1) is 9.93. The van der Waals surface area contributed by atoms with Crippen molar-refractivity contribution in [1.82, 2.24) is 0 Å². The van der Waals surface area contributed by atoms with Crippen LogP contribution in [0.5, 0.6) is 5.75 Å². The molecule has 2 nitrogen and oxygen atoms in total. The summed E-state index contributed by atoms with van der Waals surface area (Å²) in [6.45, 7) is 3.12. The van der Waals surface area contributed by atoms with E-state index in [0.29, 0.717) is 19.0 Å². The minimum atomic E-state index is -0.301. The SMILES string of the molecule is CC1(COc2cc(F)ccc2Br)CO1. The number of hydrogen-bond acceptors (Lipinski definition) is 2. The van der Waals surface area contributed by atoms with Crippen LogP contribution >= 0.6 is 15.9 Å². The van der Waals surface area contributed by atoms with Crippen molar-refractivity contribution in [2.24, 2.45) is 0 Å². The minimum absolute atomic E-state index is 0.175. The van der Waals surface area contributed by atoms with Crippen molar-refractivity contribution in [3.8, 4) is 5.75 Å². The molecule has 2 rings (SSSR count). The van der Waals surface area contributed by atoms with Crippen LogP contribution in [0.3, 0.4) is 0 Å². The molecule has 0 N–H and O–H groups in total. The van der Waals surface area contributed by atoms with Gasteiger partial charge in [0.05, 0.1) is 11.1 Å². The average molecular weight is 261 g/mol. The maximum Gasteiger partial charge on any atom is 0.136 e. The van der Waals surface area contributed by atoms with Crippen molar-refractivity contribution in [3.05, 3.63) is 28.5 Å². The van der Waals surface area contributed by atoms with Crippen molar-refractivity contribution in [2.75, 3.05) is 13.2 Å². The maximum absolute atomic E-state index is 12.9. The largest absolute Gasteiger partial charge is 0.489 e. The smallest absolute Gasteiger partial charge is 0.136 e. The second-order valence-electron chi connectivity index (χ2n) is 3.60. The summed E-state index contributed by atoms with van der Waals surface area (Å²) in [5.41, 5.74) is -0.175. The molecule has 0 spiro atoms. The molecular weight excluding hydrogens is 251 g/mol. The lowest BCUT2D eigenvalue weighted by Crippen LogP contribution is -2.17. The van der Waals surface area contributed by atoms with E-state index in [1.54, 1.807) is 6.07 Å². The van der Waals surface area contributed by atoms with Crippen molar-refractivity contribution in [3.63, 3.8) is 0 Å². The first-order chi connectivity index (χ1) is 6.59. The lowest BCUT2D eigenvalue weighted by Gasteiger charge is -2.10. The van der Waals surface area contributed by atoms with E-state index in [-0.39, 0.29) is 11.4 Å². The van der Waals surface area contributed by atoms with Gasteiger partial charge in [0, 0.05) is 6.07 Å². The Balaban J connectivity index is 2.04. The predicted molar refractivity (Wildman–Crippen MR) is 54.0 cm³/mol. The van der Waals surface area contributed by atoms with E-state index in [0.717, 1.165) is 4.47 Å². The zero-order valence-electron chi connectivity index (χ0n) is 7.72. The number of hydrogen-bond donors (Lipinski definition) is 0. The Hall–Kier alpha value is -0.610. The van der Waals surface area contributed by atoms with Crippen LogP contribution in [0, 0.1) is 5.82 Å². The summed E-state index contributed by atoms with van der Waals surface area (Å²) < 4.78 is 24.2. The lowest BCUT2D eigenvalue weighted by atomic mass is 10.2. The van der Waals surface area contributed by atoms with Gasteiger partial charge in [-0.2, -0.15) is 0 Å². The zero-order valence-corrected chi connectivity index (χ0v) is 9.30. The van der Waals surface area contributed by atoms with E-state index in [9.17, 15) is 4.39 Å². The summed E-state index contributed by atoms with van der Waals surface area (Å²) >= 11 is 3.29. The van der Waals surface area contributed by atoms with Crippen LogP contribution in [0.15, 0.2) is 22.7 Å². The van der Waals surface area contributed by atoms with Gasteiger partial charge in [-0.25, -0.2) is 4.39 Å². The Morgan fingerprint density at radius 2 is 2.36 bits per heavy atom. The van der Waals surface area contributed by atoms with Crippen LogP contribution in [-0.2, 0) is 4.74 Å². The first-order valence-electron chi connectivity index (χ1n) is 4.31. The Morgan fingerprint density at radius 3 is 3.00 bits per heavy atom. The summed E-state index contributed by atoms with van der Waals surface area (Å²) in [5, 5.41) is 0. The highest BCUT2D eigenvalue weighted by atomic mass is 79.9. The summed E-state index contributed by atoms with van der Waals surface area (Å²) in [7, 11) is 0. The standard InChI is InChI=1S/C10H10BrFO2/c1-10(6-14-10)5-13-9-4-7(12)2-3-8(9)11/h2-4H,5-6H2,1H3. The molecule has 0 amide bonds. The van der Waals surface area contributed by atoms with Gasteiger partial charge in [0.1, 0.15) is 23.8 Å². The normalized spacial score (nSPS) is 24.8. The van der Waals surface area contributed by atoms with Crippen molar-refractivity contribution in [1.29, 1.82) is 0 Å². The molecule has 0 bridgehead atoms. The second-order valence-corrected chi connectivity index (χ2v) is 4.46.